The van der Waals surface area contributed by atoms with Crippen molar-refractivity contribution in [2.24, 2.45) is 0 Å². The third kappa shape index (κ3) is 7.03. The number of carbonyl (C=O) groups is 2. The molecule has 0 aliphatic carbocycles. The van der Waals surface area contributed by atoms with Crippen LogP contribution in [0.2, 0.25) is 0 Å². The summed E-state index contributed by atoms with van der Waals surface area (Å²) in [5.41, 5.74) is 0. The summed E-state index contributed by atoms with van der Waals surface area (Å²) >= 11 is 0. The number of rotatable bonds is 12. The highest BCUT2D eigenvalue weighted by Gasteiger charge is 2.13. The Labute approximate surface area is 189 Å². The number of aromatic nitrogens is 3. The van der Waals surface area contributed by atoms with Gasteiger partial charge >= 0.3 is 30.0 Å². The van der Waals surface area contributed by atoms with Gasteiger partial charge in [0.25, 0.3) is 0 Å². The Kier molecular flexibility index (Phi) is 8.29. The van der Waals surface area contributed by atoms with Crippen molar-refractivity contribution < 1.29 is 33.3 Å². The maximum atomic E-state index is 11.1. The quantitative estimate of drug-likeness (QED) is 0.231. The minimum atomic E-state index is -0.577. The normalized spacial score (nSPS) is 10.2. The lowest BCUT2D eigenvalue weighted by Crippen LogP contribution is -2.14. The van der Waals surface area contributed by atoms with Crippen LogP contribution in [0.25, 0.3) is 10.8 Å². The summed E-state index contributed by atoms with van der Waals surface area (Å²) in [7, 11) is 0. The van der Waals surface area contributed by atoms with Gasteiger partial charge in [0, 0.05) is 17.5 Å². The molecule has 1 heterocycles. The summed E-state index contributed by atoms with van der Waals surface area (Å²) in [6.45, 7) is 6.52. The van der Waals surface area contributed by atoms with Gasteiger partial charge in [-0.1, -0.05) is 49.6 Å². The molecular formula is C23H21N3O7. The second-order valence-corrected chi connectivity index (χ2v) is 6.20. The average molecular weight is 451 g/mol. The molecule has 0 spiro atoms. The molecule has 0 saturated carbocycles. The zero-order chi connectivity index (χ0) is 23.5. The van der Waals surface area contributed by atoms with Crippen molar-refractivity contribution in [3.63, 3.8) is 0 Å². The summed E-state index contributed by atoms with van der Waals surface area (Å²) in [6.07, 6.45) is 2.09. The van der Waals surface area contributed by atoms with Crippen molar-refractivity contribution in [2.75, 3.05) is 26.4 Å². The van der Waals surface area contributed by atoms with Gasteiger partial charge in [0.2, 0.25) is 0 Å². The maximum absolute atomic E-state index is 11.1. The fourth-order valence-corrected chi connectivity index (χ4v) is 2.55. The molecular weight excluding hydrogens is 430 g/mol. The number of ether oxygens (including phenoxy) is 5. The summed E-state index contributed by atoms with van der Waals surface area (Å²) in [5.74, 6) is -0.629. The third-order valence-electron chi connectivity index (χ3n) is 3.98. The van der Waals surface area contributed by atoms with Crippen molar-refractivity contribution in [3.05, 3.63) is 67.8 Å². The van der Waals surface area contributed by atoms with Crippen molar-refractivity contribution in [1.82, 2.24) is 15.0 Å². The van der Waals surface area contributed by atoms with E-state index in [1.165, 1.54) is 0 Å². The second kappa shape index (κ2) is 11.8. The fraction of sp³-hybridized carbons (Fsp3) is 0.174. The van der Waals surface area contributed by atoms with Gasteiger partial charge in [0.1, 0.15) is 32.2 Å². The molecule has 1 aromatic heterocycles. The molecule has 0 fully saturated rings. The van der Waals surface area contributed by atoms with Crippen LogP contribution in [-0.2, 0) is 19.1 Å². The highest BCUT2D eigenvalue weighted by Crippen LogP contribution is 2.29. The van der Waals surface area contributed by atoms with E-state index < -0.39 is 11.9 Å². The van der Waals surface area contributed by atoms with E-state index in [2.05, 4.69) is 28.1 Å². The molecule has 3 aromatic rings. The zero-order valence-corrected chi connectivity index (χ0v) is 17.6. The van der Waals surface area contributed by atoms with E-state index in [1.54, 1.807) is 6.07 Å². The van der Waals surface area contributed by atoms with E-state index in [1.807, 2.05) is 36.4 Å². The first-order valence-electron chi connectivity index (χ1n) is 9.84. The van der Waals surface area contributed by atoms with Gasteiger partial charge in [-0.25, -0.2) is 9.59 Å². The highest BCUT2D eigenvalue weighted by molar-refractivity contribution is 5.88. The molecule has 0 aliphatic rings. The first-order chi connectivity index (χ1) is 16.1. The van der Waals surface area contributed by atoms with E-state index in [0.717, 1.165) is 22.9 Å². The molecule has 2 aromatic carbocycles. The molecule has 0 N–H and O–H groups in total. The Morgan fingerprint density at radius 2 is 1.27 bits per heavy atom. The predicted molar refractivity (Wildman–Crippen MR) is 117 cm³/mol. The SMILES string of the molecule is C=CC(=O)OCCOc1nc(OCCOC(=O)C=C)nc(Oc2cccc3ccccc23)n1. The molecule has 0 amide bonds. The van der Waals surface area contributed by atoms with Gasteiger partial charge in [-0.2, -0.15) is 0 Å². The number of esters is 2. The standard InChI is InChI=1S/C23H21N3O7/c1-3-19(27)29-12-14-31-21-24-22(32-15-13-30-20(28)4-2)26-23(25-21)33-18-11-7-9-16-8-5-6-10-17(16)18/h3-11H,1-2,12-15H2. The second-order valence-electron chi connectivity index (χ2n) is 6.20. The Hall–Kier alpha value is -4.47. The lowest BCUT2D eigenvalue weighted by Gasteiger charge is -2.11. The van der Waals surface area contributed by atoms with Crippen LogP contribution in [0, 0.1) is 0 Å². The Bertz CT molecular complexity index is 1100. The number of benzene rings is 2. The Balaban J connectivity index is 1.75. The van der Waals surface area contributed by atoms with Gasteiger partial charge in [-0.05, 0) is 11.5 Å². The molecule has 0 atom stereocenters. The summed E-state index contributed by atoms with van der Waals surface area (Å²) in [6, 6.07) is 13.0. The van der Waals surface area contributed by atoms with Crippen LogP contribution in [0.5, 0.6) is 23.8 Å². The minimum Gasteiger partial charge on any atom is -0.460 e. The molecule has 170 valence electrons. The predicted octanol–water partition coefficient (Wildman–Crippen LogP) is 3.03. The zero-order valence-electron chi connectivity index (χ0n) is 17.6. The lowest BCUT2D eigenvalue weighted by molar-refractivity contribution is -0.139. The molecule has 0 unspecified atom stereocenters. The van der Waals surface area contributed by atoms with Crippen LogP contribution in [0.1, 0.15) is 0 Å². The Morgan fingerprint density at radius 3 is 1.88 bits per heavy atom. The maximum Gasteiger partial charge on any atom is 0.331 e. The molecule has 10 heteroatoms. The van der Waals surface area contributed by atoms with Crippen LogP contribution in [0.3, 0.4) is 0 Å². The van der Waals surface area contributed by atoms with Gasteiger partial charge in [-0.3, -0.25) is 0 Å². The van der Waals surface area contributed by atoms with Gasteiger partial charge in [0.15, 0.2) is 0 Å². The van der Waals surface area contributed by atoms with E-state index in [-0.39, 0.29) is 44.5 Å². The molecule has 0 bridgehead atoms. The largest absolute Gasteiger partial charge is 0.460 e. The smallest absolute Gasteiger partial charge is 0.331 e. The molecule has 0 saturated heterocycles. The van der Waals surface area contributed by atoms with E-state index in [0.29, 0.717) is 5.75 Å². The number of carbonyl (C=O) groups excluding carboxylic acids is 2. The van der Waals surface area contributed by atoms with Gasteiger partial charge in [0.05, 0.1) is 0 Å². The number of hydrogen-bond donors (Lipinski definition) is 0. The molecule has 3 rings (SSSR count). The first-order valence-corrected chi connectivity index (χ1v) is 9.84. The fourth-order valence-electron chi connectivity index (χ4n) is 2.55. The van der Waals surface area contributed by atoms with Gasteiger partial charge in [-0.15, -0.1) is 15.0 Å². The van der Waals surface area contributed by atoms with E-state index in [4.69, 9.17) is 23.7 Å². The average Bonchev–Trinajstić information content (AvgIpc) is 2.84. The van der Waals surface area contributed by atoms with Crippen LogP contribution in [0.15, 0.2) is 67.8 Å². The molecule has 10 nitrogen and oxygen atoms in total. The summed E-state index contributed by atoms with van der Waals surface area (Å²) in [4.78, 5) is 34.6. The molecule has 33 heavy (non-hydrogen) atoms. The van der Waals surface area contributed by atoms with Crippen molar-refractivity contribution in [2.45, 2.75) is 0 Å². The van der Waals surface area contributed by atoms with Crippen LogP contribution in [-0.4, -0.2) is 53.3 Å². The third-order valence-corrected chi connectivity index (χ3v) is 3.98. The molecule has 0 aliphatic heterocycles. The topological polar surface area (TPSA) is 119 Å². The van der Waals surface area contributed by atoms with Crippen LogP contribution < -0.4 is 14.2 Å². The van der Waals surface area contributed by atoms with Crippen molar-refractivity contribution in [1.29, 1.82) is 0 Å². The van der Waals surface area contributed by atoms with Crippen molar-refractivity contribution in [3.8, 4) is 23.8 Å². The summed E-state index contributed by atoms with van der Waals surface area (Å²) < 4.78 is 26.5. The van der Waals surface area contributed by atoms with E-state index in [9.17, 15) is 9.59 Å². The first kappa shape index (κ1) is 23.2. The van der Waals surface area contributed by atoms with Crippen LogP contribution >= 0.6 is 0 Å². The lowest BCUT2D eigenvalue weighted by atomic mass is 10.1. The summed E-state index contributed by atoms with van der Waals surface area (Å²) in [5, 5.41) is 1.84. The number of nitrogens with zero attached hydrogens (tertiary/aromatic N) is 3. The van der Waals surface area contributed by atoms with E-state index >= 15 is 0 Å². The minimum absolute atomic E-state index is 0.0202. The Morgan fingerprint density at radius 1 is 0.727 bits per heavy atom. The number of fused-ring (bicyclic) bond motifs is 1. The molecule has 0 radical (unpaired) electrons. The monoisotopic (exact) mass is 451 g/mol. The van der Waals surface area contributed by atoms with Crippen molar-refractivity contribution >= 4 is 22.7 Å². The van der Waals surface area contributed by atoms with Crippen LogP contribution in [0.4, 0.5) is 0 Å². The number of hydrogen-bond acceptors (Lipinski definition) is 10. The highest BCUT2D eigenvalue weighted by atomic mass is 16.6. The van der Waals surface area contributed by atoms with Gasteiger partial charge < -0.3 is 23.7 Å².